The smallest absolute Gasteiger partial charge is 0.411 e. The number of esters is 2. The number of methoxy groups -OCH3 is 2. The second-order valence-corrected chi connectivity index (χ2v) is 11.3. The first-order valence-electron chi connectivity index (χ1n) is 12.2. The number of carbonyl (C=O) groups excluding carboxylic acids is 3. The summed E-state index contributed by atoms with van der Waals surface area (Å²) in [5.74, 6) is -0.602. The maximum absolute atomic E-state index is 12.5. The number of allylic oxidation sites excluding steroid dienone is 2. The molecule has 0 bridgehead atoms. The van der Waals surface area contributed by atoms with Gasteiger partial charge in [0.25, 0.3) is 0 Å². The molecule has 0 aromatic carbocycles. The van der Waals surface area contributed by atoms with Crippen molar-refractivity contribution in [1.29, 1.82) is 0 Å². The molecule has 8 heteroatoms. The Morgan fingerprint density at radius 2 is 1.42 bits per heavy atom. The Kier molecular flexibility index (Phi) is 11.5. The Bertz CT molecular complexity index is 821. The highest BCUT2D eigenvalue weighted by Gasteiger charge is 2.61. The summed E-state index contributed by atoms with van der Waals surface area (Å²) in [5.41, 5.74) is -2.74. The lowest BCUT2D eigenvalue weighted by Crippen LogP contribution is -2.59. The van der Waals surface area contributed by atoms with Crippen LogP contribution in [0.15, 0.2) is 25.3 Å². The van der Waals surface area contributed by atoms with E-state index in [-0.39, 0.29) is 18.8 Å². The fraction of sp³-hybridized carbons (Fsp3) is 0.750. The van der Waals surface area contributed by atoms with E-state index in [0.29, 0.717) is 19.4 Å². The first kappa shape index (κ1) is 33.7. The highest BCUT2D eigenvalue weighted by Crippen LogP contribution is 2.49. The van der Waals surface area contributed by atoms with Crippen LogP contribution in [0.3, 0.4) is 0 Å². The van der Waals surface area contributed by atoms with Crippen LogP contribution in [-0.4, -0.2) is 66.9 Å². The molecule has 2 aliphatic heterocycles. The van der Waals surface area contributed by atoms with Gasteiger partial charge in [0, 0.05) is 17.4 Å². The minimum atomic E-state index is -1.06. The monoisotopic (exact) mass is 510 g/mol. The molecular formula is C28H50N2O6. The van der Waals surface area contributed by atoms with Crippen molar-refractivity contribution in [2.45, 2.75) is 98.3 Å². The van der Waals surface area contributed by atoms with E-state index < -0.39 is 34.2 Å². The van der Waals surface area contributed by atoms with E-state index in [1.807, 2.05) is 19.9 Å². The van der Waals surface area contributed by atoms with Crippen LogP contribution in [0, 0.1) is 10.8 Å². The summed E-state index contributed by atoms with van der Waals surface area (Å²) in [5, 5.41) is 3.24. The third-order valence-corrected chi connectivity index (χ3v) is 7.94. The second kappa shape index (κ2) is 12.3. The molecule has 0 spiro atoms. The minimum Gasteiger partial charge on any atom is -0.468 e. The van der Waals surface area contributed by atoms with E-state index in [9.17, 15) is 14.4 Å². The van der Waals surface area contributed by atoms with Crippen LogP contribution in [0.25, 0.3) is 0 Å². The van der Waals surface area contributed by atoms with Gasteiger partial charge in [0.2, 0.25) is 0 Å². The fourth-order valence-corrected chi connectivity index (χ4v) is 5.12. The Morgan fingerprint density at radius 3 is 1.86 bits per heavy atom. The fourth-order valence-electron chi connectivity index (χ4n) is 5.12. The molecule has 0 aromatic heterocycles. The van der Waals surface area contributed by atoms with Crippen molar-refractivity contribution < 1.29 is 28.6 Å². The second-order valence-electron chi connectivity index (χ2n) is 11.3. The predicted octanol–water partition coefficient (Wildman–Crippen LogP) is 5.27. The van der Waals surface area contributed by atoms with Gasteiger partial charge in [0.05, 0.1) is 14.2 Å². The molecule has 0 saturated carbocycles. The summed E-state index contributed by atoms with van der Waals surface area (Å²) in [6.07, 6.45) is 6.29. The zero-order chi connectivity index (χ0) is 27.3. The average Bonchev–Trinajstić information content (AvgIpc) is 3.21. The van der Waals surface area contributed by atoms with E-state index in [1.165, 1.54) is 19.1 Å². The van der Waals surface area contributed by atoms with Crippen LogP contribution in [0.5, 0.6) is 0 Å². The summed E-state index contributed by atoms with van der Waals surface area (Å²) in [6.45, 7) is 22.0. The molecule has 1 amide bonds. The van der Waals surface area contributed by atoms with Gasteiger partial charge in [-0.15, -0.1) is 13.2 Å². The number of nitrogens with zero attached hydrogens (tertiary/aromatic N) is 1. The molecule has 2 unspecified atom stereocenters. The van der Waals surface area contributed by atoms with Crippen LogP contribution < -0.4 is 5.32 Å². The van der Waals surface area contributed by atoms with Gasteiger partial charge < -0.3 is 19.5 Å². The first-order valence-corrected chi connectivity index (χ1v) is 12.2. The number of hydrogen-bond donors (Lipinski definition) is 1. The van der Waals surface area contributed by atoms with Crippen molar-refractivity contribution >= 4 is 18.0 Å². The predicted molar refractivity (Wildman–Crippen MR) is 144 cm³/mol. The van der Waals surface area contributed by atoms with Gasteiger partial charge >= 0.3 is 18.0 Å². The Hall–Kier alpha value is -2.35. The Morgan fingerprint density at radius 1 is 0.917 bits per heavy atom. The van der Waals surface area contributed by atoms with Gasteiger partial charge in [-0.3, -0.25) is 9.69 Å². The molecule has 0 aromatic rings. The molecule has 0 aliphatic carbocycles. The molecule has 2 rings (SSSR count). The highest BCUT2D eigenvalue weighted by molar-refractivity contribution is 5.87. The lowest BCUT2D eigenvalue weighted by atomic mass is 9.70. The molecular weight excluding hydrogens is 460 g/mol. The third-order valence-electron chi connectivity index (χ3n) is 7.94. The minimum absolute atomic E-state index is 0. The average molecular weight is 511 g/mol. The Balaban J connectivity index is 0.000000713. The summed E-state index contributed by atoms with van der Waals surface area (Å²) >= 11 is 0. The van der Waals surface area contributed by atoms with Gasteiger partial charge in [0.1, 0.15) is 16.7 Å². The number of amides is 1. The maximum atomic E-state index is 12.5. The SMILES string of the molecule is C.C=CC[C@]1(C)CCN(C(=O)OC(C)(C)C)C1(C)C(=O)OC.C=CC[C@]1(C)CCNC1(C)C(=O)OC. The van der Waals surface area contributed by atoms with E-state index in [4.69, 9.17) is 14.2 Å². The molecule has 4 atom stereocenters. The van der Waals surface area contributed by atoms with Crippen molar-refractivity contribution in [3.8, 4) is 0 Å². The van der Waals surface area contributed by atoms with E-state index in [1.54, 1.807) is 33.8 Å². The van der Waals surface area contributed by atoms with Crippen LogP contribution in [0.2, 0.25) is 0 Å². The van der Waals surface area contributed by atoms with E-state index in [0.717, 1.165) is 19.4 Å². The number of hydrogen-bond acceptors (Lipinski definition) is 7. The largest absolute Gasteiger partial charge is 0.468 e. The topological polar surface area (TPSA) is 94.2 Å². The molecule has 2 heterocycles. The Labute approximate surface area is 218 Å². The number of rotatable bonds is 6. The summed E-state index contributed by atoms with van der Waals surface area (Å²) in [6, 6.07) is 0. The third kappa shape index (κ3) is 6.31. The maximum Gasteiger partial charge on any atom is 0.411 e. The van der Waals surface area contributed by atoms with Crippen molar-refractivity contribution in [3.05, 3.63) is 25.3 Å². The molecule has 36 heavy (non-hydrogen) atoms. The number of carbonyl (C=O) groups is 3. The molecule has 1 N–H and O–H groups in total. The lowest BCUT2D eigenvalue weighted by molar-refractivity contribution is -0.158. The van der Waals surface area contributed by atoms with Gasteiger partial charge in [-0.05, 0) is 66.8 Å². The molecule has 2 saturated heterocycles. The normalized spacial score (nSPS) is 31.3. The molecule has 0 radical (unpaired) electrons. The zero-order valence-electron chi connectivity index (χ0n) is 23.2. The van der Waals surface area contributed by atoms with Gasteiger partial charge in [0.15, 0.2) is 0 Å². The first-order chi connectivity index (χ1) is 16.0. The van der Waals surface area contributed by atoms with Crippen molar-refractivity contribution in [2.75, 3.05) is 27.3 Å². The number of likely N-dealkylation sites (tertiary alicyclic amines) is 1. The molecule has 2 aliphatic rings. The highest BCUT2D eigenvalue weighted by atomic mass is 16.6. The van der Waals surface area contributed by atoms with Crippen molar-refractivity contribution in [3.63, 3.8) is 0 Å². The van der Waals surface area contributed by atoms with Crippen molar-refractivity contribution in [1.82, 2.24) is 10.2 Å². The summed E-state index contributed by atoms with van der Waals surface area (Å²) in [4.78, 5) is 38.1. The van der Waals surface area contributed by atoms with Crippen molar-refractivity contribution in [2.24, 2.45) is 10.8 Å². The number of nitrogens with one attached hydrogen (secondary N) is 1. The quantitative estimate of drug-likeness (QED) is 0.295. The standard InChI is InChI=1S/C16H27NO4.C11H19NO2.CH4/c1-8-9-15(5)10-11-17(13(19)21-14(2,3)4)16(15,6)12(18)20-7;1-5-6-10(2)7-8-12-11(10,3)9(13)14-4;/h8H,1,9-11H2,2-7H3;5,12H,1,6-8H2,2-4H3;1H4/t15-,16?;10-,11?;/m11./s1. The van der Waals surface area contributed by atoms with E-state index >= 15 is 0 Å². The summed E-state index contributed by atoms with van der Waals surface area (Å²) in [7, 11) is 2.77. The van der Waals surface area contributed by atoms with Crippen LogP contribution >= 0.6 is 0 Å². The molecule has 208 valence electrons. The molecule has 2 fully saturated rings. The van der Waals surface area contributed by atoms with Crippen LogP contribution in [0.1, 0.15) is 81.6 Å². The number of ether oxygens (including phenoxy) is 3. The van der Waals surface area contributed by atoms with E-state index in [2.05, 4.69) is 25.4 Å². The van der Waals surface area contributed by atoms with Crippen LogP contribution in [0.4, 0.5) is 4.79 Å². The van der Waals surface area contributed by atoms with Gasteiger partial charge in [-0.1, -0.05) is 33.4 Å². The zero-order valence-corrected chi connectivity index (χ0v) is 23.2. The van der Waals surface area contributed by atoms with Crippen LogP contribution in [-0.2, 0) is 23.8 Å². The lowest BCUT2D eigenvalue weighted by Gasteiger charge is -2.42. The van der Waals surface area contributed by atoms with Gasteiger partial charge in [-0.2, -0.15) is 0 Å². The van der Waals surface area contributed by atoms with Gasteiger partial charge in [-0.25, -0.2) is 9.59 Å². The summed E-state index contributed by atoms with van der Waals surface area (Å²) < 4.78 is 15.2. The molecule has 8 nitrogen and oxygen atoms in total.